The van der Waals surface area contributed by atoms with E-state index in [4.69, 9.17) is 10.5 Å². The number of amides is 1. The molecule has 0 saturated carbocycles. The summed E-state index contributed by atoms with van der Waals surface area (Å²) in [5.41, 5.74) is 13.1. The van der Waals surface area contributed by atoms with Gasteiger partial charge in [0.1, 0.15) is 12.4 Å². The summed E-state index contributed by atoms with van der Waals surface area (Å²) in [6, 6.07) is 21.0. The van der Waals surface area contributed by atoms with E-state index < -0.39 is 0 Å². The number of benzene rings is 2. The van der Waals surface area contributed by atoms with Crippen LogP contribution in [0.4, 0.5) is 10.6 Å². The van der Waals surface area contributed by atoms with Gasteiger partial charge in [0.2, 0.25) is 0 Å². The van der Waals surface area contributed by atoms with Gasteiger partial charge < -0.3 is 10.5 Å². The molecule has 5 heteroatoms. The van der Waals surface area contributed by atoms with Crippen molar-refractivity contribution in [1.29, 1.82) is 0 Å². The molecule has 0 spiro atoms. The maximum atomic E-state index is 13.3. The van der Waals surface area contributed by atoms with Gasteiger partial charge in [-0.1, -0.05) is 54.6 Å². The summed E-state index contributed by atoms with van der Waals surface area (Å²) in [7, 11) is 0. The first kappa shape index (κ1) is 20.0. The third kappa shape index (κ3) is 3.48. The quantitative estimate of drug-likeness (QED) is 0.577. The van der Waals surface area contributed by atoms with E-state index in [1.54, 1.807) is 0 Å². The van der Waals surface area contributed by atoms with Crippen LogP contribution in [0.2, 0.25) is 0 Å². The molecule has 166 valence electrons. The third-order valence-electron chi connectivity index (χ3n) is 7.34. The first-order valence-electron chi connectivity index (χ1n) is 11.7. The number of nitrogen functional groups attached to an aromatic ring is 1. The van der Waals surface area contributed by atoms with E-state index in [0.29, 0.717) is 12.4 Å². The van der Waals surface area contributed by atoms with Crippen molar-refractivity contribution in [3.63, 3.8) is 0 Å². The summed E-state index contributed by atoms with van der Waals surface area (Å²) in [5, 5.41) is 0. The maximum Gasteiger partial charge on any atom is 0.410 e. The predicted molar refractivity (Wildman–Crippen MR) is 130 cm³/mol. The molecule has 33 heavy (non-hydrogen) atoms. The zero-order valence-electron chi connectivity index (χ0n) is 18.5. The van der Waals surface area contributed by atoms with Gasteiger partial charge in [-0.25, -0.2) is 9.78 Å². The Kier molecular flexibility index (Phi) is 4.90. The Morgan fingerprint density at radius 1 is 1.00 bits per heavy atom. The lowest BCUT2D eigenvalue weighted by Crippen LogP contribution is -2.51. The van der Waals surface area contributed by atoms with Crippen molar-refractivity contribution < 1.29 is 9.53 Å². The number of nitrogens with zero attached hydrogens (tertiary/aromatic N) is 2. The van der Waals surface area contributed by atoms with Crippen LogP contribution in [-0.2, 0) is 4.74 Å². The highest BCUT2D eigenvalue weighted by Gasteiger charge is 2.39. The van der Waals surface area contributed by atoms with Crippen LogP contribution in [0.25, 0.3) is 16.7 Å². The van der Waals surface area contributed by atoms with Crippen LogP contribution in [0.1, 0.15) is 48.3 Å². The Labute approximate surface area is 193 Å². The Bertz CT molecular complexity index is 1190. The van der Waals surface area contributed by atoms with Crippen molar-refractivity contribution in [2.24, 2.45) is 0 Å². The molecule has 3 aliphatic rings. The molecular weight excluding hydrogens is 410 g/mol. The lowest BCUT2D eigenvalue weighted by Gasteiger charge is -2.44. The molecule has 6 rings (SSSR count). The SMILES string of the molecule is Nc1ccc(C2=CC3CCCC(C2)N3C(=O)OCC2c3ccccc3-c3ccccc32)cn1. The van der Waals surface area contributed by atoms with Gasteiger partial charge in [-0.15, -0.1) is 0 Å². The molecule has 5 nitrogen and oxygen atoms in total. The number of pyridine rings is 1. The van der Waals surface area contributed by atoms with E-state index in [2.05, 4.69) is 59.6 Å². The minimum atomic E-state index is -0.197. The fraction of sp³-hybridized carbons (Fsp3) is 0.286. The number of hydrogen-bond acceptors (Lipinski definition) is 4. The molecule has 2 bridgehead atoms. The summed E-state index contributed by atoms with van der Waals surface area (Å²) < 4.78 is 6.00. The zero-order valence-corrected chi connectivity index (χ0v) is 18.5. The minimum Gasteiger partial charge on any atom is -0.448 e. The summed E-state index contributed by atoms with van der Waals surface area (Å²) in [6.45, 7) is 0.362. The summed E-state index contributed by atoms with van der Waals surface area (Å²) in [5.74, 6) is 0.605. The number of aromatic nitrogens is 1. The molecule has 2 aromatic carbocycles. The number of nitrogens with two attached hydrogens (primary N) is 1. The lowest BCUT2D eigenvalue weighted by molar-refractivity contribution is 0.0539. The zero-order chi connectivity index (χ0) is 22.4. The molecule has 2 N–H and O–H groups in total. The highest BCUT2D eigenvalue weighted by Crippen LogP contribution is 2.45. The first-order valence-corrected chi connectivity index (χ1v) is 11.7. The van der Waals surface area contributed by atoms with Crippen molar-refractivity contribution in [3.8, 4) is 11.1 Å². The lowest BCUT2D eigenvalue weighted by atomic mass is 9.83. The number of piperidine rings is 1. The highest BCUT2D eigenvalue weighted by atomic mass is 16.6. The molecule has 2 aliphatic heterocycles. The standard InChI is InChI=1S/C28H27N3O2/c29-27-13-12-18(16-30-27)19-14-20-6-5-7-21(15-19)31(20)28(32)33-17-26-24-10-3-1-8-22(24)23-9-2-4-11-25(23)26/h1-4,8-14,16,20-21,26H,5-7,15,17H2,(H2,29,30). The van der Waals surface area contributed by atoms with Crippen LogP contribution >= 0.6 is 0 Å². The number of ether oxygens (including phenoxy) is 1. The molecule has 1 aromatic heterocycles. The van der Waals surface area contributed by atoms with Gasteiger partial charge in [0.25, 0.3) is 0 Å². The van der Waals surface area contributed by atoms with E-state index in [1.807, 2.05) is 23.2 Å². The van der Waals surface area contributed by atoms with Crippen LogP contribution < -0.4 is 5.73 Å². The summed E-state index contributed by atoms with van der Waals surface area (Å²) in [4.78, 5) is 19.5. The smallest absolute Gasteiger partial charge is 0.410 e. The molecule has 2 unspecified atom stereocenters. The van der Waals surface area contributed by atoms with Gasteiger partial charge in [0.05, 0.1) is 6.04 Å². The Morgan fingerprint density at radius 3 is 2.39 bits per heavy atom. The topological polar surface area (TPSA) is 68.5 Å². The van der Waals surface area contributed by atoms with Gasteiger partial charge >= 0.3 is 6.09 Å². The average Bonchev–Trinajstić information content (AvgIpc) is 3.16. The molecule has 3 aromatic rings. The summed E-state index contributed by atoms with van der Waals surface area (Å²) in [6.07, 6.45) is 7.78. The molecular formula is C28H27N3O2. The number of anilines is 1. The molecule has 1 aliphatic carbocycles. The number of carbonyl (C=O) groups is 1. The first-order chi connectivity index (χ1) is 16.2. The second-order valence-corrected chi connectivity index (χ2v) is 9.23. The second kappa shape index (κ2) is 8.07. The molecule has 1 saturated heterocycles. The summed E-state index contributed by atoms with van der Waals surface area (Å²) >= 11 is 0. The third-order valence-corrected chi connectivity index (χ3v) is 7.34. The fourth-order valence-corrected chi connectivity index (χ4v) is 5.79. The molecule has 1 amide bonds. The second-order valence-electron chi connectivity index (χ2n) is 9.23. The van der Waals surface area contributed by atoms with Crippen LogP contribution in [-0.4, -0.2) is 34.7 Å². The van der Waals surface area contributed by atoms with Gasteiger partial charge in [0.15, 0.2) is 0 Å². The Morgan fingerprint density at radius 2 is 1.73 bits per heavy atom. The Hall–Kier alpha value is -3.60. The number of rotatable bonds is 3. The van der Waals surface area contributed by atoms with Gasteiger partial charge in [-0.05, 0) is 71.2 Å². The van der Waals surface area contributed by atoms with E-state index in [1.165, 1.54) is 27.8 Å². The normalized spacial score (nSPS) is 21.2. The van der Waals surface area contributed by atoms with Crippen molar-refractivity contribution >= 4 is 17.5 Å². The van der Waals surface area contributed by atoms with Crippen LogP contribution in [0.5, 0.6) is 0 Å². The Balaban J connectivity index is 1.22. The van der Waals surface area contributed by atoms with E-state index in [9.17, 15) is 4.79 Å². The van der Waals surface area contributed by atoms with Gasteiger partial charge in [0, 0.05) is 18.2 Å². The van der Waals surface area contributed by atoms with Crippen LogP contribution in [0.15, 0.2) is 72.9 Å². The molecule has 3 heterocycles. The minimum absolute atomic E-state index is 0.0701. The van der Waals surface area contributed by atoms with Crippen LogP contribution in [0.3, 0.4) is 0 Å². The highest BCUT2D eigenvalue weighted by molar-refractivity contribution is 5.79. The van der Waals surface area contributed by atoms with E-state index in [-0.39, 0.29) is 24.1 Å². The van der Waals surface area contributed by atoms with E-state index in [0.717, 1.165) is 31.2 Å². The monoisotopic (exact) mass is 437 g/mol. The van der Waals surface area contributed by atoms with Crippen molar-refractivity contribution in [2.45, 2.75) is 43.7 Å². The molecule has 0 radical (unpaired) electrons. The molecule has 2 atom stereocenters. The molecule has 1 fully saturated rings. The maximum absolute atomic E-state index is 13.3. The van der Waals surface area contributed by atoms with Gasteiger partial charge in [-0.3, -0.25) is 4.90 Å². The van der Waals surface area contributed by atoms with Crippen molar-refractivity contribution in [3.05, 3.63) is 89.6 Å². The number of hydrogen-bond donors (Lipinski definition) is 1. The average molecular weight is 438 g/mol. The fourth-order valence-electron chi connectivity index (χ4n) is 5.79. The van der Waals surface area contributed by atoms with Gasteiger partial charge in [-0.2, -0.15) is 0 Å². The predicted octanol–water partition coefficient (Wildman–Crippen LogP) is 5.62. The van der Waals surface area contributed by atoms with Crippen LogP contribution in [0, 0.1) is 0 Å². The van der Waals surface area contributed by atoms with Crippen molar-refractivity contribution in [1.82, 2.24) is 9.88 Å². The number of fused-ring (bicyclic) bond motifs is 5. The van der Waals surface area contributed by atoms with E-state index >= 15 is 0 Å². The number of carbonyl (C=O) groups excluding carboxylic acids is 1. The van der Waals surface area contributed by atoms with Crippen molar-refractivity contribution in [2.75, 3.05) is 12.3 Å². The largest absolute Gasteiger partial charge is 0.448 e.